The van der Waals surface area contributed by atoms with Crippen molar-refractivity contribution in [3.8, 4) is 0 Å². The van der Waals surface area contributed by atoms with E-state index in [9.17, 15) is 4.39 Å². The number of imidazole rings is 1. The van der Waals surface area contributed by atoms with E-state index >= 15 is 0 Å². The molecule has 0 saturated carbocycles. The minimum Gasteiger partial charge on any atom is -0.327 e. The van der Waals surface area contributed by atoms with Crippen LogP contribution in [0.2, 0.25) is 0 Å². The zero-order chi connectivity index (χ0) is 16.5. The second-order valence-electron chi connectivity index (χ2n) is 6.40. The molecule has 0 N–H and O–H groups in total. The number of fused-ring (bicyclic) bond motifs is 1. The van der Waals surface area contributed by atoms with Gasteiger partial charge in [0.25, 0.3) is 0 Å². The highest BCUT2D eigenvalue weighted by molar-refractivity contribution is 5.76. The molecule has 6 heteroatoms. The zero-order valence-electron chi connectivity index (χ0n) is 13.9. The van der Waals surface area contributed by atoms with E-state index in [1.807, 2.05) is 29.2 Å². The Kier molecular flexibility index (Phi) is 4.06. The van der Waals surface area contributed by atoms with Crippen molar-refractivity contribution in [3.63, 3.8) is 0 Å². The third-order valence-electron chi connectivity index (χ3n) is 4.91. The van der Waals surface area contributed by atoms with Gasteiger partial charge in [-0.1, -0.05) is 0 Å². The SMILES string of the molecule is CCn1c(CN2CCC[C@H]2Cn2cccn2)nc2cc(F)ccc21. The Morgan fingerprint density at radius 1 is 1.33 bits per heavy atom. The highest BCUT2D eigenvalue weighted by Crippen LogP contribution is 2.24. The summed E-state index contributed by atoms with van der Waals surface area (Å²) in [7, 11) is 0. The van der Waals surface area contributed by atoms with Crippen LogP contribution in [0, 0.1) is 5.82 Å². The first-order valence-electron chi connectivity index (χ1n) is 8.60. The summed E-state index contributed by atoms with van der Waals surface area (Å²) in [6.45, 7) is 5.74. The summed E-state index contributed by atoms with van der Waals surface area (Å²) in [6.07, 6.45) is 6.22. The number of hydrogen-bond acceptors (Lipinski definition) is 3. The van der Waals surface area contributed by atoms with E-state index in [0.717, 1.165) is 43.0 Å². The van der Waals surface area contributed by atoms with E-state index in [1.54, 1.807) is 0 Å². The lowest BCUT2D eigenvalue weighted by atomic mass is 10.2. The third kappa shape index (κ3) is 2.82. The predicted octanol–water partition coefficient (Wildman–Crippen LogP) is 3.06. The van der Waals surface area contributed by atoms with Gasteiger partial charge in [-0.3, -0.25) is 9.58 Å². The molecule has 1 saturated heterocycles. The van der Waals surface area contributed by atoms with Crippen LogP contribution in [0.5, 0.6) is 0 Å². The van der Waals surface area contributed by atoms with Gasteiger partial charge in [-0.2, -0.15) is 5.10 Å². The molecular weight excluding hydrogens is 305 g/mol. The summed E-state index contributed by atoms with van der Waals surface area (Å²) in [4.78, 5) is 7.18. The van der Waals surface area contributed by atoms with Gasteiger partial charge in [-0.05, 0) is 44.5 Å². The smallest absolute Gasteiger partial charge is 0.125 e. The van der Waals surface area contributed by atoms with Gasteiger partial charge in [0, 0.05) is 31.0 Å². The van der Waals surface area contributed by atoms with E-state index in [1.165, 1.54) is 25.0 Å². The molecule has 0 unspecified atom stereocenters. The number of nitrogens with zero attached hydrogens (tertiary/aromatic N) is 5. The van der Waals surface area contributed by atoms with E-state index < -0.39 is 0 Å². The summed E-state index contributed by atoms with van der Waals surface area (Å²) >= 11 is 0. The minimum atomic E-state index is -0.229. The Morgan fingerprint density at radius 3 is 3.04 bits per heavy atom. The molecule has 3 aromatic rings. The van der Waals surface area contributed by atoms with Crippen molar-refractivity contribution in [1.82, 2.24) is 24.2 Å². The second-order valence-corrected chi connectivity index (χ2v) is 6.40. The maximum atomic E-state index is 13.5. The lowest BCUT2D eigenvalue weighted by molar-refractivity contribution is 0.212. The monoisotopic (exact) mass is 327 g/mol. The number of hydrogen-bond donors (Lipinski definition) is 0. The van der Waals surface area contributed by atoms with Gasteiger partial charge in [-0.15, -0.1) is 0 Å². The average Bonchev–Trinajstić information content (AvgIpc) is 3.28. The molecular formula is C18H22FN5. The Labute approximate surface area is 140 Å². The van der Waals surface area contributed by atoms with Crippen LogP contribution in [0.1, 0.15) is 25.6 Å². The van der Waals surface area contributed by atoms with Gasteiger partial charge in [-0.25, -0.2) is 9.37 Å². The molecule has 24 heavy (non-hydrogen) atoms. The molecule has 2 aromatic heterocycles. The molecule has 1 fully saturated rings. The van der Waals surface area contributed by atoms with Gasteiger partial charge in [0.15, 0.2) is 0 Å². The number of likely N-dealkylation sites (tertiary alicyclic amines) is 1. The Bertz CT molecular complexity index is 823. The first-order chi connectivity index (χ1) is 11.7. The van der Waals surface area contributed by atoms with Crippen molar-refractivity contribution in [2.45, 2.75) is 45.4 Å². The van der Waals surface area contributed by atoms with Crippen molar-refractivity contribution in [2.24, 2.45) is 0 Å². The van der Waals surface area contributed by atoms with Crippen LogP contribution in [0.3, 0.4) is 0 Å². The van der Waals surface area contributed by atoms with Crippen molar-refractivity contribution in [1.29, 1.82) is 0 Å². The van der Waals surface area contributed by atoms with E-state index in [0.29, 0.717) is 6.04 Å². The largest absolute Gasteiger partial charge is 0.327 e. The summed E-state index contributed by atoms with van der Waals surface area (Å²) in [5.74, 6) is 0.790. The summed E-state index contributed by atoms with van der Waals surface area (Å²) in [5.41, 5.74) is 1.76. The fourth-order valence-electron chi connectivity index (χ4n) is 3.74. The topological polar surface area (TPSA) is 38.9 Å². The van der Waals surface area contributed by atoms with Gasteiger partial charge in [0.05, 0.1) is 24.1 Å². The highest BCUT2D eigenvalue weighted by Gasteiger charge is 2.26. The Morgan fingerprint density at radius 2 is 2.25 bits per heavy atom. The molecule has 0 aliphatic carbocycles. The number of aromatic nitrogens is 4. The molecule has 1 aromatic carbocycles. The molecule has 1 atom stereocenters. The van der Waals surface area contributed by atoms with Crippen LogP contribution < -0.4 is 0 Å². The zero-order valence-corrected chi connectivity index (χ0v) is 13.9. The Hall–Kier alpha value is -2.21. The fraction of sp³-hybridized carbons (Fsp3) is 0.444. The minimum absolute atomic E-state index is 0.229. The van der Waals surface area contributed by atoms with Gasteiger partial charge < -0.3 is 4.57 Å². The van der Waals surface area contributed by atoms with E-state index in [-0.39, 0.29) is 5.82 Å². The van der Waals surface area contributed by atoms with Crippen molar-refractivity contribution in [3.05, 3.63) is 48.3 Å². The van der Waals surface area contributed by atoms with Crippen LogP contribution in [-0.4, -0.2) is 36.8 Å². The van der Waals surface area contributed by atoms with Crippen molar-refractivity contribution < 1.29 is 4.39 Å². The molecule has 3 heterocycles. The van der Waals surface area contributed by atoms with E-state index in [2.05, 4.69) is 21.5 Å². The van der Waals surface area contributed by atoms with Gasteiger partial charge in [0.1, 0.15) is 11.6 Å². The number of aryl methyl sites for hydroxylation is 1. The lowest BCUT2D eigenvalue weighted by Crippen LogP contribution is -2.33. The van der Waals surface area contributed by atoms with Crippen LogP contribution in [0.4, 0.5) is 4.39 Å². The summed E-state index contributed by atoms with van der Waals surface area (Å²) < 4.78 is 17.7. The van der Waals surface area contributed by atoms with Crippen LogP contribution in [0.15, 0.2) is 36.7 Å². The maximum Gasteiger partial charge on any atom is 0.125 e. The average molecular weight is 327 g/mol. The Balaban J connectivity index is 1.58. The summed E-state index contributed by atoms with van der Waals surface area (Å²) in [6, 6.07) is 7.30. The van der Waals surface area contributed by atoms with Gasteiger partial charge >= 0.3 is 0 Å². The van der Waals surface area contributed by atoms with Crippen LogP contribution >= 0.6 is 0 Å². The number of halogens is 1. The highest BCUT2D eigenvalue weighted by atomic mass is 19.1. The lowest BCUT2D eigenvalue weighted by Gasteiger charge is -2.24. The molecule has 0 radical (unpaired) electrons. The second kappa shape index (κ2) is 6.36. The molecule has 0 amide bonds. The van der Waals surface area contributed by atoms with Crippen LogP contribution in [-0.2, 0) is 19.6 Å². The summed E-state index contributed by atoms with van der Waals surface area (Å²) in [5, 5.41) is 4.33. The maximum absolute atomic E-state index is 13.5. The first-order valence-corrected chi connectivity index (χ1v) is 8.60. The third-order valence-corrected chi connectivity index (χ3v) is 4.91. The first kappa shape index (κ1) is 15.3. The molecule has 5 nitrogen and oxygen atoms in total. The number of rotatable bonds is 5. The van der Waals surface area contributed by atoms with Crippen molar-refractivity contribution >= 4 is 11.0 Å². The quantitative estimate of drug-likeness (QED) is 0.723. The molecule has 1 aliphatic rings. The van der Waals surface area contributed by atoms with Crippen LogP contribution in [0.25, 0.3) is 11.0 Å². The normalized spacial score (nSPS) is 18.7. The molecule has 4 rings (SSSR count). The van der Waals surface area contributed by atoms with E-state index in [4.69, 9.17) is 4.98 Å². The van der Waals surface area contributed by atoms with Gasteiger partial charge in [0.2, 0.25) is 0 Å². The molecule has 0 spiro atoms. The molecule has 0 bridgehead atoms. The van der Waals surface area contributed by atoms with Crippen molar-refractivity contribution in [2.75, 3.05) is 6.54 Å². The predicted molar refractivity (Wildman–Crippen MR) is 91.0 cm³/mol. The fourth-order valence-corrected chi connectivity index (χ4v) is 3.74. The molecule has 126 valence electrons. The number of benzene rings is 1. The molecule has 1 aliphatic heterocycles. The standard InChI is InChI=1S/C18H22FN5/c1-2-24-17-7-6-14(19)11-16(17)21-18(24)13-22-9-3-5-15(22)12-23-10-4-8-20-23/h4,6-8,10-11,15H,2-3,5,9,12-13H2,1H3/t15-/m0/s1.